The molecule has 0 radical (unpaired) electrons. The van der Waals surface area contributed by atoms with Crippen molar-refractivity contribution in [3.05, 3.63) is 89.6 Å². The number of aliphatic hydroxyl groups is 2. The van der Waals surface area contributed by atoms with Crippen molar-refractivity contribution in [2.24, 2.45) is 16.9 Å². The third-order valence-corrected chi connectivity index (χ3v) is 10.3. The van der Waals surface area contributed by atoms with Crippen LogP contribution >= 0.6 is 0 Å². The maximum Gasteiger partial charge on any atom is 0.249 e. The first-order valence-corrected chi connectivity index (χ1v) is 19.2. The van der Waals surface area contributed by atoms with Crippen molar-refractivity contribution < 1.29 is 47.8 Å². The number of rotatable bonds is 19. The lowest BCUT2D eigenvalue weighted by molar-refractivity contribution is -0.145. The van der Waals surface area contributed by atoms with Gasteiger partial charge >= 0.3 is 0 Å². The Morgan fingerprint density at radius 3 is 2.32 bits per heavy atom. The van der Waals surface area contributed by atoms with Gasteiger partial charge < -0.3 is 52.3 Å². The number of carbonyl (C=O) groups excluding carboxylic acids is 6. The van der Waals surface area contributed by atoms with Crippen molar-refractivity contribution in [1.82, 2.24) is 30.7 Å². The molecule has 0 saturated heterocycles. The molecule has 2 aromatic rings. The maximum absolute atomic E-state index is 15.3. The van der Waals surface area contributed by atoms with Gasteiger partial charge in [0, 0.05) is 44.0 Å². The van der Waals surface area contributed by atoms with E-state index in [1.165, 1.54) is 11.0 Å². The maximum atomic E-state index is 15.3. The van der Waals surface area contributed by atoms with Crippen molar-refractivity contribution in [3.63, 3.8) is 0 Å². The molecule has 2 aliphatic heterocycles. The van der Waals surface area contributed by atoms with Crippen LogP contribution in [0.1, 0.15) is 58.1 Å². The van der Waals surface area contributed by atoms with E-state index >= 15 is 4.39 Å². The first-order valence-electron chi connectivity index (χ1n) is 19.2. The number of amides is 6. The van der Waals surface area contributed by atoms with Gasteiger partial charge in [-0.25, -0.2) is 8.78 Å². The van der Waals surface area contributed by atoms with Gasteiger partial charge in [0.2, 0.25) is 35.4 Å². The molecule has 2 unspecified atom stereocenters. The number of nitrogens with one attached hydrogen (secondary N) is 3. The van der Waals surface area contributed by atoms with E-state index in [1.807, 2.05) is 62.9 Å². The van der Waals surface area contributed by atoms with Gasteiger partial charge in [-0.2, -0.15) is 0 Å². The number of hydrogen-bond acceptors (Lipinski definition) is 10. The fraction of sp³-hybridized carbons (Fsp3) is 0.463. The molecule has 0 saturated carbocycles. The second-order valence-electron chi connectivity index (χ2n) is 15.9. The molecule has 59 heavy (non-hydrogen) atoms. The number of nitrogens with two attached hydrogens (primary N) is 2. The van der Waals surface area contributed by atoms with Crippen LogP contribution < -0.4 is 27.4 Å². The number of aliphatic hydroxyl groups excluding tert-OH is 2. The summed E-state index contributed by atoms with van der Waals surface area (Å²) in [4.78, 5) is 80.8. The molecule has 0 spiro atoms. The first-order chi connectivity index (χ1) is 27.7. The molecule has 16 nitrogen and oxygen atoms in total. The highest BCUT2D eigenvalue weighted by atomic mass is 19.1. The van der Waals surface area contributed by atoms with Crippen LogP contribution in [0.15, 0.2) is 66.9 Å². The van der Waals surface area contributed by atoms with E-state index in [4.69, 9.17) is 11.5 Å². The van der Waals surface area contributed by atoms with Crippen molar-refractivity contribution >= 4 is 41.0 Å². The van der Waals surface area contributed by atoms with E-state index in [0.29, 0.717) is 12.1 Å². The van der Waals surface area contributed by atoms with E-state index in [1.54, 1.807) is 6.20 Å². The second-order valence-corrected chi connectivity index (χ2v) is 15.9. The number of benzene rings is 2. The normalized spacial score (nSPS) is 19.2. The highest BCUT2D eigenvalue weighted by Crippen LogP contribution is 2.47. The number of hydrogen-bond donors (Lipinski definition) is 7. The van der Waals surface area contributed by atoms with E-state index in [0.717, 1.165) is 34.7 Å². The minimum atomic E-state index is -1.41. The average molecular weight is 825 g/mol. The molecule has 18 heteroatoms. The monoisotopic (exact) mass is 824 g/mol. The zero-order valence-corrected chi connectivity index (χ0v) is 33.6. The van der Waals surface area contributed by atoms with Gasteiger partial charge in [0.25, 0.3) is 0 Å². The lowest BCUT2D eigenvalue weighted by Crippen LogP contribution is -2.64. The number of carbonyl (C=O) groups is 6. The molecule has 2 aliphatic rings. The molecule has 2 aromatic carbocycles. The largest absolute Gasteiger partial charge is 0.387 e. The zero-order chi connectivity index (χ0) is 43.7. The quantitative estimate of drug-likeness (QED) is 0.0953. The summed E-state index contributed by atoms with van der Waals surface area (Å²) in [6.45, 7) is 6.08. The van der Waals surface area contributed by atoms with Crippen LogP contribution in [0.5, 0.6) is 0 Å². The third kappa shape index (κ3) is 11.9. The lowest BCUT2D eigenvalue weighted by atomic mass is 9.71. The summed E-state index contributed by atoms with van der Waals surface area (Å²) in [5.41, 5.74) is 10.8. The van der Waals surface area contributed by atoms with Crippen molar-refractivity contribution in [1.29, 1.82) is 0 Å². The molecule has 4 rings (SSSR count). The van der Waals surface area contributed by atoms with Gasteiger partial charge in [0.05, 0.1) is 24.0 Å². The highest BCUT2D eigenvalue weighted by molar-refractivity contribution is 5.94. The van der Waals surface area contributed by atoms with Gasteiger partial charge in [0.15, 0.2) is 0 Å². The molecule has 5 atom stereocenters. The van der Waals surface area contributed by atoms with Gasteiger partial charge in [-0.15, -0.1) is 0 Å². The summed E-state index contributed by atoms with van der Waals surface area (Å²) in [7, 11) is 0. The van der Waals surface area contributed by atoms with Crippen LogP contribution in [0.4, 0.5) is 8.78 Å². The summed E-state index contributed by atoms with van der Waals surface area (Å²) >= 11 is 0. The van der Waals surface area contributed by atoms with Crippen LogP contribution in [0.2, 0.25) is 0 Å². The molecule has 2 heterocycles. The van der Waals surface area contributed by atoms with Gasteiger partial charge in [-0.05, 0) is 60.6 Å². The Balaban J connectivity index is 1.62. The molecule has 0 aromatic heterocycles. The Kier molecular flexibility index (Phi) is 15.4. The van der Waals surface area contributed by atoms with Crippen LogP contribution in [0.25, 0.3) is 5.57 Å². The fourth-order valence-corrected chi connectivity index (χ4v) is 7.78. The molecule has 0 aliphatic carbocycles. The molecule has 0 fully saturated rings. The predicted molar refractivity (Wildman–Crippen MR) is 213 cm³/mol. The highest BCUT2D eigenvalue weighted by Gasteiger charge is 2.52. The van der Waals surface area contributed by atoms with E-state index in [9.17, 15) is 43.4 Å². The second kappa shape index (κ2) is 19.8. The molecule has 0 bridgehead atoms. The Hall–Kier alpha value is -5.72. The standard InChI is InChI=1S/C41H54F2N8O8/c1-40(2,3)39(41(4)20-26(28-18-27(42)10-11-29(28)43)22-49(41)21-25-8-6-5-7-9-25)50(36(57)24-52)17-14-31(48-37(58)30(44)19-32(45)53)38(59)47-16-15-46-33(54)23-51-34(55)12-13-35(51)56/h5-13,18,22,30-31,34,39,52,55H,14-17,19-21,23-24,44H2,1-4H3,(H2,45,53)(H,46,54)(H,47,59)(H,48,58)/t30-,31-,34?,39+,41?/m0/s1. The van der Waals surface area contributed by atoms with Crippen molar-refractivity contribution in [3.8, 4) is 0 Å². The van der Waals surface area contributed by atoms with Crippen LogP contribution in [-0.2, 0) is 35.3 Å². The SMILES string of the molecule is CC(C)(C)[C@@H](N(CC[C@H](NC(=O)[C@@H](N)CC(N)=O)C(=O)NCCNC(=O)CN1C(=O)C=CC1O)C(=O)CO)C1(C)CC(c2cc(F)ccc2F)=CN1Cc1ccccc1. The summed E-state index contributed by atoms with van der Waals surface area (Å²) in [6, 6.07) is 9.07. The Morgan fingerprint density at radius 1 is 1.03 bits per heavy atom. The molecular weight excluding hydrogens is 770 g/mol. The summed E-state index contributed by atoms with van der Waals surface area (Å²) < 4.78 is 29.8. The minimum absolute atomic E-state index is 0.0570. The summed E-state index contributed by atoms with van der Waals surface area (Å²) in [6.07, 6.45) is 2.28. The topological polar surface area (TPSA) is 241 Å². The molecular formula is C41H54F2N8O8. The van der Waals surface area contributed by atoms with Crippen molar-refractivity contribution in [2.45, 2.75) is 83.4 Å². The van der Waals surface area contributed by atoms with E-state index < -0.39 is 102 Å². The predicted octanol–water partition coefficient (Wildman–Crippen LogP) is 0.233. The molecule has 6 amide bonds. The Bertz CT molecular complexity index is 1940. The van der Waals surface area contributed by atoms with Crippen molar-refractivity contribution in [2.75, 3.05) is 32.8 Å². The van der Waals surface area contributed by atoms with Gasteiger partial charge in [-0.1, -0.05) is 51.1 Å². The van der Waals surface area contributed by atoms with Crippen LogP contribution in [0, 0.1) is 17.0 Å². The number of primary amides is 1. The Morgan fingerprint density at radius 2 is 1.71 bits per heavy atom. The molecule has 9 N–H and O–H groups in total. The zero-order valence-electron chi connectivity index (χ0n) is 33.6. The number of nitrogens with zero attached hydrogens (tertiary/aromatic N) is 3. The minimum Gasteiger partial charge on any atom is -0.387 e. The average Bonchev–Trinajstić information content (AvgIpc) is 3.67. The lowest BCUT2D eigenvalue weighted by Gasteiger charge is -2.53. The molecule has 320 valence electrons. The van der Waals surface area contributed by atoms with Gasteiger partial charge in [0.1, 0.15) is 37.1 Å². The smallest absolute Gasteiger partial charge is 0.249 e. The fourth-order valence-electron chi connectivity index (χ4n) is 7.78. The first kappa shape index (κ1) is 46.0. The summed E-state index contributed by atoms with van der Waals surface area (Å²) in [5, 5.41) is 27.9. The Labute approximate surface area is 341 Å². The van der Waals surface area contributed by atoms with Crippen LogP contribution in [-0.4, -0.2) is 123 Å². The van der Waals surface area contributed by atoms with Crippen LogP contribution in [0.3, 0.4) is 0 Å². The number of halogens is 2. The van der Waals surface area contributed by atoms with E-state index in [-0.39, 0.29) is 38.0 Å². The third-order valence-electron chi connectivity index (χ3n) is 10.3. The van der Waals surface area contributed by atoms with Gasteiger partial charge in [-0.3, -0.25) is 28.8 Å². The summed E-state index contributed by atoms with van der Waals surface area (Å²) in [5.74, 6) is -5.58. The van der Waals surface area contributed by atoms with E-state index in [2.05, 4.69) is 16.0 Å².